The first-order chi connectivity index (χ1) is 6.93. The Hall–Kier alpha value is 1.50. The van der Waals surface area contributed by atoms with E-state index in [0.29, 0.717) is 0 Å². The molecule has 0 radical (unpaired) electrons. The zero-order valence-corrected chi connectivity index (χ0v) is 11.2. The van der Waals surface area contributed by atoms with Crippen LogP contribution in [-0.2, 0) is 0 Å². The second-order valence-electron chi connectivity index (χ2n) is 1.39. The molecule has 0 aromatic rings. The fourth-order valence-corrected chi connectivity index (χ4v) is 0. The standard InChI is InChI=1S/4BH3O3.2Na.7H2O.2H/c4*2-1(3)4;;;;;;;;;;;/h4*2-4H;;;7*1H2;;. The molecule has 26 N–H and O–H groups in total. The van der Waals surface area contributed by atoms with Crippen molar-refractivity contribution in [2.45, 2.75) is 0 Å². The van der Waals surface area contributed by atoms with Gasteiger partial charge < -0.3 is 98.6 Å². The van der Waals surface area contributed by atoms with E-state index in [4.69, 9.17) is 60.3 Å². The number of hydrogen-bond donors (Lipinski definition) is 12. The summed E-state index contributed by atoms with van der Waals surface area (Å²) in [5.41, 5.74) is 0. The Balaban J connectivity index is -0.00000000623. The Kier molecular flexibility index (Phi) is 318. The van der Waals surface area contributed by atoms with Crippen molar-refractivity contribution in [1.29, 1.82) is 0 Å². The second-order valence-corrected chi connectivity index (χ2v) is 1.39. The second kappa shape index (κ2) is 84.0. The van der Waals surface area contributed by atoms with Gasteiger partial charge in [-0.3, -0.25) is 0 Å². The van der Waals surface area contributed by atoms with Crippen molar-refractivity contribution in [2.75, 3.05) is 0 Å². The summed E-state index contributed by atoms with van der Waals surface area (Å²) in [6, 6.07) is 0. The van der Waals surface area contributed by atoms with Crippen LogP contribution in [-0.4, -0.2) is 187 Å². The van der Waals surface area contributed by atoms with Gasteiger partial charge in [0.05, 0.1) is 0 Å². The van der Waals surface area contributed by atoms with Gasteiger partial charge in [0.2, 0.25) is 0 Å². The van der Waals surface area contributed by atoms with Crippen LogP contribution in [0.15, 0.2) is 0 Å². The van der Waals surface area contributed by atoms with Crippen LogP contribution in [0.3, 0.4) is 0 Å². The monoisotopic (exact) mass is 422 g/mol. The summed E-state index contributed by atoms with van der Waals surface area (Å²) in [5.74, 6) is 0. The van der Waals surface area contributed by atoms with E-state index in [1.54, 1.807) is 0 Å². The van der Waals surface area contributed by atoms with E-state index in [-0.39, 0.29) is 97.4 Å². The quantitative estimate of drug-likeness (QED) is 0.162. The van der Waals surface area contributed by atoms with Crippen LogP contribution in [0, 0.1) is 0 Å². The SMILES string of the molecule is O.O.O.O.O.O.O.OB(O)O.OB(O)O.OB(O)O.OB(O)O.[NaH].[NaH]. The van der Waals surface area contributed by atoms with Gasteiger partial charge in [-0.05, 0) is 0 Å². The third-order valence-corrected chi connectivity index (χ3v) is 0. The van der Waals surface area contributed by atoms with E-state index in [9.17, 15) is 0 Å². The fraction of sp³-hybridized carbons (Fsp3) is 0. The summed E-state index contributed by atoms with van der Waals surface area (Å²) in [6.07, 6.45) is 0. The molecule has 0 unspecified atom stereocenters. The normalized spacial score (nSPS) is 4.32. The number of hydrogen-bond acceptors (Lipinski definition) is 12. The first kappa shape index (κ1) is 94.6. The van der Waals surface area contributed by atoms with Gasteiger partial charge >= 0.3 is 88.4 Å². The van der Waals surface area contributed by atoms with Crippen LogP contribution in [0.25, 0.3) is 0 Å². The van der Waals surface area contributed by atoms with Crippen molar-refractivity contribution in [3.8, 4) is 0 Å². The first-order valence-corrected chi connectivity index (χ1v) is 3.10. The van der Waals surface area contributed by atoms with Crippen molar-refractivity contribution in [3.63, 3.8) is 0 Å². The molecule has 0 amide bonds. The van der Waals surface area contributed by atoms with Crippen molar-refractivity contribution in [2.24, 2.45) is 0 Å². The Bertz CT molecular complexity index is 68.4. The molecule has 25 heavy (non-hydrogen) atoms. The zero-order chi connectivity index (χ0) is 14.3. The van der Waals surface area contributed by atoms with E-state index in [0.717, 1.165) is 0 Å². The molecular weight excluding hydrogens is 393 g/mol. The topological polar surface area (TPSA) is 463 Å². The zero-order valence-electron chi connectivity index (χ0n) is 11.2. The Labute approximate surface area is 186 Å². The number of rotatable bonds is 0. The van der Waals surface area contributed by atoms with Crippen LogP contribution in [0.2, 0.25) is 0 Å². The summed E-state index contributed by atoms with van der Waals surface area (Å²) in [4.78, 5) is 0. The minimum atomic E-state index is -2.17. The summed E-state index contributed by atoms with van der Waals surface area (Å²) in [6.45, 7) is 0. The maximum atomic E-state index is 7.17. The molecule has 0 aliphatic carbocycles. The van der Waals surface area contributed by atoms with Gasteiger partial charge in [0.1, 0.15) is 0 Å². The molecule has 0 aliphatic heterocycles. The van der Waals surface area contributed by atoms with E-state index >= 15 is 0 Å². The molecule has 0 rings (SSSR count). The predicted octanol–water partition coefficient (Wildman–Crippen LogP) is -15.3. The van der Waals surface area contributed by atoms with Crippen molar-refractivity contribution in [1.82, 2.24) is 0 Å². The molecule has 0 aromatic heterocycles. The van der Waals surface area contributed by atoms with Crippen LogP contribution in [0.1, 0.15) is 0 Å². The van der Waals surface area contributed by atoms with Crippen molar-refractivity contribution >= 4 is 88.4 Å². The molecule has 0 bridgehead atoms. The molecule has 0 atom stereocenters. The first-order valence-electron chi connectivity index (χ1n) is 3.10. The minimum absolute atomic E-state index is 0. The van der Waals surface area contributed by atoms with E-state index in [2.05, 4.69) is 0 Å². The molecule has 0 saturated heterocycles. The Morgan fingerprint density at radius 3 is 0.240 bits per heavy atom. The van der Waals surface area contributed by atoms with E-state index in [1.807, 2.05) is 0 Å². The van der Waals surface area contributed by atoms with Gasteiger partial charge in [0.15, 0.2) is 0 Å². The Morgan fingerprint density at radius 2 is 0.240 bits per heavy atom. The van der Waals surface area contributed by atoms with Crippen LogP contribution in [0.5, 0.6) is 0 Å². The van der Waals surface area contributed by atoms with Crippen LogP contribution in [0.4, 0.5) is 0 Å². The molecule has 0 fully saturated rings. The maximum absolute atomic E-state index is 7.17. The summed E-state index contributed by atoms with van der Waals surface area (Å²) < 4.78 is 0. The van der Waals surface area contributed by atoms with Gasteiger partial charge in [-0.25, -0.2) is 0 Å². The molecule has 25 heteroatoms. The third kappa shape index (κ3) is 6260. The molecule has 0 aromatic carbocycles. The van der Waals surface area contributed by atoms with Gasteiger partial charge in [0.25, 0.3) is 0 Å². The van der Waals surface area contributed by atoms with Crippen molar-refractivity contribution in [3.05, 3.63) is 0 Å². The van der Waals surface area contributed by atoms with Gasteiger partial charge in [-0.2, -0.15) is 0 Å². The molecule has 0 saturated carbocycles. The van der Waals surface area contributed by atoms with Crippen LogP contribution >= 0.6 is 0 Å². The molecule has 0 heterocycles. The fourth-order valence-electron chi connectivity index (χ4n) is 0. The van der Waals surface area contributed by atoms with Gasteiger partial charge in [-0.15, -0.1) is 0 Å². The summed E-state index contributed by atoms with van der Waals surface area (Å²) in [5, 5.41) is 86.0. The van der Waals surface area contributed by atoms with Gasteiger partial charge in [-0.1, -0.05) is 0 Å². The van der Waals surface area contributed by atoms with Crippen molar-refractivity contribution < 1.29 is 98.6 Å². The van der Waals surface area contributed by atoms with E-state index < -0.39 is 29.3 Å². The molecule has 19 nitrogen and oxygen atoms in total. The Morgan fingerprint density at radius 1 is 0.240 bits per heavy atom. The average Bonchev–Trinajstić information content (AvgIpc) is 1.76. The summed E-state index contributed by atoms with van der Waals surface area (Å²) >= 11 is 0. The van der Waals surface area contributed by atoms with E-state index in [1.165, 1.54) is 0 Å². The molecule has 0 spiro atoms. The molecular formula is H28B4Na2O19. The summed E-state index contributed by atoms with van der Waals surface area (Å²) in [7, 11) is -8.67. The average molecular weight is 421 g/mol. The molecule has 156 valence electrons. The van der Waals surface area contributed by atoms with Crippen LogP contribution < -0.4 is 0 Å². The predicted molar refractivity (Wildman–Crippen MR) is 89.2 cm³/mol. The third-order valence-electron chi connectivity index (χ3n) is 0. The van der Waals surface area contributed by atoms with Gasteiger partial charge in [0, 0.05) is 0 Å². The molecule has 0 aliphatic rings.